The van der Waals surface area contributed by atoms with Gasteiger partial charge in [0.05, 0.1) is 5.41 Å². The predicted molar refractivity (Wildman–Crippen MR) is 91.4 cm³/mol. The molecule has 1 aromatic carbocycles. The number of aryl methyl sites for hydroxylation is 2. The highest BCUT2D eigenvalue weighted by molar-refractivity contribution is 5.51. The SMILES string of the molecule is Cn1cc(-c2noc(C3(C)CCc4ccccc4C3)n2)c(=O)[nH]c1=O. The first kappa shape index (κ1) is 15.6. The molecule has 7 nitrogen and oxygen atoms in total. The number of nitrogens with one attached hydrogen (secondary N) is 1. The van der Waals surface area contributed by atoms with E-state index in [1.54, 1.807) is 7.05 Å². The van der Waals surface area contributed by atoms with Crippen molar-refractivity contribution in [2.24, 2.45) is 7.05 Å². The number of benzene rings is 1. The van der Waals surface area contributed by atoms with Gasteiger partial charge in [-0.25, -0.2) is 4.79 Å². The lowest BCUT2D eigenvalue weighted by Crippen LogP contribution is -2.30. The van der Waals surface area contributed by atoms with E-state index < -0.39 is 11.2 Å². The van der Waals surface area contributed by atoms with Gasteiger partial charge in [-0.2, -0.15) is 4.98 Å². The van der Waals surface area contributed by atoms with Crippen molar-refractivity contribution in [2.75, 3.05) is 0 Å². The van der Waals surface area contributed by atoms with Gasteiger partial charge in [0.1, 0.15) is 5.56 Å². The monoisotopic (exact) mass is 338 g/mol. The van der Waals surface area contributed by atoms with Crippen molar-refractivity contribution >= 4 is 0 Å². The average molecular weight is 338 g/mol. The fourth-order valence-electron chi connectivity index (χ4n) is 3.38. The lowest BCUT2D eigenvalue weighted by Gasteiger charge is -2.31. The fourth-order valence-corrected chi connectivity index (χ4v) is 3.38. The minimum Gasteiger partial charge on any atom is -0.338 e. The molecule has 0 fully saturated rings. The minimum absolute atomic E-state index is 0.201. The summed E-state index contributed by atoms with van der Waals surface area (Å²) in [6.45, 7) is 2.10. The summed E-state index contributed by atoms with van der Waals surface area (Å²) in [5.74, 6) is 0.720. The van der Waals surface area contributed by atoms with Crippen molar-refractivity contribution in [3.05, 3.63) is 68.3 Å². The highest BCUT2D eigenvalue weighted by Gasteiger charge is 2.36. The molecule has 0 aliphatic heterocycles. The molecule has 1 atom stereocenters. The Morgan fingerprint density at radius 3 is 2.80 bits per heavy atom. The van der Waals surface area contributed by atoms with E-state index >= 15 is 0 Å². The maximum atomic E-state index is 12.0. The molecule has 1 aliphatic carbocycles. The van der Waals surface area contributed by atoms with Gasteiger partial charge in [0.25, 0.3) is 5.56 Å². The molecule has 1 N–H and O–H groups in total. The van der Waals surface area contributed by atoms with Gasteiger partial charge in [-0.15, -0.1) is 0 Å². The van der Waals surface area contributed by atoms with Crippen LogP contribution in [-0.2, 0) is 25.3 Å². The summed E-state index contributed by atoms with van der Waals surface area (Å²) in [7, 11) is 1.56. The number of hydrogen-bond acceptors (Lipinski definition) is 5. The summed E-state index contributed by atoms with van der Waals surface area (Å²) in [5.41, 5.74) is 1.59. The van der Waals surface area contributed by atoms with Crippen LogP contribution in [0.5, 0.6) is 0 Å². The third-order valence-corrected chi connectivity index (χ3v) is 4.94. The summed E-state index contributed by atoms with van der Waals surface area (Å²) in [5, 5.41) is 3.97. The molecule has 0 spiro atoms. The Labute approximate surface area is 143 Å². The standard InChI is InChI=1S/C18H18N4O3/c1-18(8-7-11-5-3-4-6-12(11)9-18)16-19-14(21-25-16)13-10-22(2)17(24)20-15(13)23/h3-6,10H,7-9H2,1-2H3,(H,20,23,24). The molecule has 1 unspecified atom stereocenters. The van der Waals surface area contributed by atoms with Gasteiger partial charge in [0.15, 0.2) is 0 Å². The number of rotatable bonds is 2. The lowest BCUT2D eigenvalue weighted by molar-refractivity contribution is 0.270. The van der Waals surface area contributed by atoms with E-state index in [0.29, 0.717) is 5.89 Å². The Morgan fingerprint density at radius 1 is 1.24 bits per heavy atom. The fraction of sp³-hybridized carbons (Fsp3) is 0.333. The van der Waals surface area contributed by atoms with Gasteiger partial charge < -0.3 is 9.09 Å². The van der Waals surface area contributed by atoms with Crippen LogP contribution in [0.25, 0.3) is 11.4 Å². The zero-order valence-corrected chi connectivity index (χ0v) is 14.1. The van der Waals surface area contributed by atoms with Crippen LogP contribution in [-0.4, -0.2) is 19.7 Å². The van der Waals surface area contributed by atoms with Gasteiger partial charge in [-0.05, 0) is 30.4 Å². The average Bonchev–Trinajstić information content (AvgIpc) is 3.09. The Balaban J connectivity index is 1.72. The normalized spacial score (nSPS) is 19.6. The van der Waals surface area contributed by atoms with Crippen molar-refractivity contribution < 1.29 is 4.52 Å². The van der Waals surface area contributed by atoms with E-state index in [9.17, 15) is 9.59 Å². The van der Waals surface area contributed by atoms with Gasteiger partial charge in [-0.3, -0.25) is 9.78 Å². The molecule has 25 heavy (non-hydrogen) atoms. The largest absolute Gasteiger partial charge is 0.338 e. The molecule has 0 saturated carbocycles. The van der Waals surface area contributed by atoms with Gasteiger partial charge in [0.2, 0.25) is 11.7 Å². The third kappa shape index (κ3) is 2.61. The maximum Gasteiger partial charge on any atom is 0.328 e. The number of H-pyrrole nitrogens is 1. The summed E-state index contributed by atoms with van der Waals surface area (Å²) >= 11 is 0. The molecule has 0 saturated heterocycles. The van der Waals surface area contributed by atoms with E-state index in [1.165, 1.54) is 21.9 Å². The lowest BCUT2D eigenvalue weighted by atomic mass is 9.73. The van der Waals surface area contributed by atoms with Crippen LogP contribution < -0.4 is 11.2 Å². The molecule has 2 aromatic heterocycles. The van der Waals surface area contributed by atoms with Crippen molar-refractivity contribution in [2.45, 2.75) is 31.6 Å². The Bertz CT molecular complexity index is 1060. The first-order valence-electron chi connectivity index (χ1n) is 8.18. The van der Waals surface area contributed by atoms with Crippen molar-refractivity contribution in [3.63, 3.8) is 0 Å². The van der Waals surface area contributed by atoms with Gasteiger partial charge >= 0.3 is 5.69 Å². The molecule has 128 valence electrons. The van der Waals surface area contributed by atoms with Crippen LogP contribution >= 0.6 is 0 Å². The number of aromatic amines is 1. The van der Waals surface area contributed by atoms with Crippen molar-refractivity contribution in [3.8, 4) is 11.4 Å². The summed E-state index contributed by atoms with van der Waals surface area (Å²) in [4.78, 5) is 30.2. The molecule has 2 heterocycles. The second-order valence-electron chi connectivity index (χ2n) is 6.84. The number of aromatic nitrogens is 4. The maximum absolute atomic E-state index is 12.0. The zero-order valence-electron chi connectivity index (χ0n) is 14.1. The minimum atomic E-state index is -0.519. The Kier molecular flexibility index (Phi) is 3.45. The molecular weight excluding hydrogens is 320 g/mol. The molecule has 0 bridgehead atoms. The van der Waals surface area contributed by atoms with E-state index in [4.69, 9.17) is 4.52 Å². The second kappa shape index (κ2) is 5.54. The van der Waals surface area contributed by atoms with Crippen LogP contribution in [0.15, 0.2) is 44.6 Å². The van der Waals surface area contributed by atoms with Crippen molar-refractivity contribution in [1.82, 2.24) is 19.7 Å². The van der Waals surface area contributed by atoms with Crippen molar-refractivity contribution in [1.29, 1.82) is 0 Å². The van der Waals surface area contributed by atoms with E-state index in [0.717, 1.165) is 19.3 Å². The molecular formula is C18H18N4O3. The Hall–Kier alpha value is -2.96. The third-order valence-electron chi connectivity index (χ3n) is 4.94. The molecule has 0 amide bonds. The van der Waals surface area contributed by atoms with Crippen LogP contribution in [0.1, 0.15) is 30.4 Å². The Morgan fingerprint density at radius 2 is 2.00 bits per heavy atom. The number of fused-ring (bicyclic) bond motifs is 1. The van der Waals surface area contributed by atoms with Crippen LogP contribution in [0.3, 0.4) is 0 Å². The van der Waals surface area contributed by atoms with E-state index in [-0.39, 0.29) is 16.8 Å². The second-order valence-corrected chi connectivity index (χ2v) is 6.84. The van der Waals surface area contributed by atoms with Gasteiger partial charge in [0, 0.05) is 13.2 Å². The van der Waals surface area contributed by atoms with Crippen LogP contribution in [0.4, 0.5) is 0 Å². The molecule has 1 aliphatic rings. The van der Waals surface area contributed by atoms with Gasteiger partial charge in [-0.1, -0.05) is 36.3 Å². The first-order valence-corrected chi connectivity index (χ1v) is 8.18. The first-order chi connectivity index (χ1) is 12.0. The molecule has 3 aromatic rings. The highest BCUT2D eigenvalue weighted by Crippen LogP contribution is 2.37. The quantitative estimate of drug-likeness (QED) is 0.765. The molecule has 4 rings (SSSR count). The van der Waals surface area contributed by atoms with E-state index in [1.807, 2.05) is 6.07 Å². The zero-order chi connectivity index (χ0) is 17.6. The van der Waals surface area contributed by atoms with Crippen LogP contribution in [0, 0.1) is 0 Å². The number of hydrogen-bond donors (Lipinski definition) is 1. The summed E-state index contributed by atoms with van der Waals surface area (Å²) in [6.07, 6.45) is 4.09. The molecule has 0 radical (unpaired) electrons. The smallest absolute Gasteiger partial charge is 0.328 e. The van der Waals surface area contributed by atoms with E-state index in [2.05, 4.69) is 40.2 Å². The summed E-state index contributed by atoms with van der Waals surface area (Å²) in [6, 6.07) is 8.37. The molecule has 7 heteroatoms. The highest BCUT2D eigenvalue weighted by atomic mass is 16.5. The topological polar surface area (TPSA) is 93.8 Å². The summed E-state index contributed by atoms with van der Waals surface area (Å²) < 4.78 is 6.78. The van der Waals surface area contributed by atoms with Crippen LogP contribution in [0.2, 0.25) is 0 Å². The number of nitrogens with zero attached hydrogens (tertiary/aromatic N) is 3. The predicted octanol–water partition coefficient (Wildman–Crippen LogP) is 1.57.